The quantitative estimate of drug-likeness (QED) is 0.597. The van der Waals surface area contributed by atoms with Crippen molar-refractivity contribution in [2.45, 2.75) is 58.4 Å². The first-order chi connectivity index (χ1) is 8.79. The Kier molecular flexibility index (Phi) is 8.36. The molecule has 0 aromatic heterocycles. The maximum absolute atomic E-state index is 3.66. The van der Waals surface area contributed by atoms with Crippen LogP contribution in [-0.2, 0) is 0 Å². The maximum atomic E-state index is 3.66. The minimum atomic E-state index is 0.493. The Morgan fingerprint density at radius 2 is 1.78 bits per heavy atom. The molecule has 1 N–H and O–H groups in total. The van der Waals surface area contributed by atoms with Crippen LogP contribution in [0.25, 0.3) is 0 Å². The minimum absolute atomic E-state index is 0.493. The number of hydrogen-bond acceptors (Lipinski definition) is 1. The fourth-order valence-corrected chi connectivity index (χ4v) is 2.88. The van der Waals surface area contributed by atoms with Crippen molar-refractivity contribution in [2.24, 2.45) is 0 Å². The van der Waals surface area contributed by atoms with Crippen molar-refractivity contribution in [1.29, 1.82) is 0 Å². The molecule has 0 heterocycles. The van der Waals surface area contributed by atoms with E-state index in [1.807, 2.05) is 0 Å². The van der Waals surface area contributed by atoms with E-state index < -0.39 is 0 Å². The van der Waals surface area contributed by atoms with Crippen molar-refractivity contribution < 1.29 is 0 Å². The molecule has 0 aliphatic rings. The Balaban J connectivity index is 2.47. The predicted octanol–water partition coefficient (Wildman–Crippen LogP) is 5.46. The van der Waals surface area contributed by atoms with Crippen LogP contribution in [0.4, 0.5) is 0 Å². The van der Waals surface area contributed by atoms with Crippen LogP contribution in [0.1, 0.15) is 64.0 Å². The molecular weight excluding hydrogens is 286 g/mol. The molecule has 1 aromatic rings. The van der Waals surface area contributed by atoms with Gasteiger partial charge in [0.15, 0.2) is 0 Å². The molecule has 0 aliphatic heterocycles. The molecule has 2 heteroatoms. The number of rotatable bonds is 9. The minimum Gasteiger partial charge on any atom is -0.310 e. The summed E-state index contributed by atoms with van der Waals surface area (Å²) < 4.78 is 1.23. The van der Waals surface area contributed by atoms with Gasteiger partial charge in [-0.05, 0) is 24.6 Å². The Labute approximate surface area is 120 Å². The molecule has 1 aromatic carbocycles. The lowest BCUT2D eigenvalue weighted by atomic mass is 10.00. The second-order valence-electron chi connectivity index (χ2n) is 4.83. The summed E-state index contributed by atoms with van der Waals surface area (Å²) in [6, 6.07) is 9.06. The molecule has 1 atom stereocenters. The first-order valence-corrected chi connectivity index (χ1v) is 8.06. The van der Waals surface area contributed by atoms with Crippen molar-refractivity contribution in [3.63, 3.8) is 0 Å². The van der Waals surface area contributed by atoms with E-state index >= 15 is 0 Å². The smallest absolute Gasteiger partial charge is 0.0331 e. The van der Waals surface area contributed by atoms with E-state index in [0.29, 0.717) is 6.04 Å². The van der Waals surface area contributed by atoms with E-state index in [0.717, 1.165) is 6.54 Å². The highest BCUT2D eigenvalue weighted by Crippen LogP contribution is 2.27. The van der Waals surface area contributed by atoms with E-state index in [9.17, 15) is 0 Å². The van der Waals surface area contributed by atoms with Crippen molar-refractivity contribution >= 4 is 15.9 Å². The molecule has 1 nitrogen and oxygen atoms in total. The largest absolute Gasteiger partial charge is 0.310 e. The summed E-state index contributed by atoms with van der Waals surface area (Å²) in [5.41, 5.74) is 1.40. The third kappa shape index (κ3) is 5.53. The lowest BCUT2D eigenvalue weighted by molar-refractivity contribution is 0.477. The van der Waals surface area contributed by atoms with Gasteiger partial charge in [-0.1, -0.05) is 80.1 Å². The van der Waals surface area contributed by atoms with E-state index in [-0.39, 0.29) is 0 Å². The van der Waals surface area contributed by atoms with Gasteiger partial charge >= 0.3 is 0 Å². The van der Waals surface area contributed by atoms with Crippen LogP contribution >= 0.6 is 15.9 Å². The average molecular weight is 312 g/mol. The van der Waals surface area contributed by atoms with Crippen LogP contribution in [0, 0.1) is 0 Å². The fourth-order valence-electron chi connectivity index (χ4n) is 2.32. The average Bonchev–Trinajstić information content (AvgIpc) is 2.38. The molecule has 0 saturated heterocycles. The van der Waals surface area contributed by atoms with Gasteiger partial charge in [-0.3, -0.25) is 0 Å². The van der Waals surface area contributed by atoms with Gasteiger partial charge < -0.3 is 5.32 Å². The van der Waals surface area contributed by atoms with E-state index in [4.69, 9.17) is 0 Å². The van der Waals surface area contributed by atoms with Crippen molar-refractivity contribution in [3.8, 4) is 0 Å². The van der Waals surface area contributed by atoms with Gasteiger partial charge in [-0.15, -0.1) is 0 Å². The molecule has 0 radical (unpaired) electrons. The summed E-state index contributed by atoms with van der Waals surface area (Å²) in [4.78, 5) is 0. The second-order valence-corrected chi connectivity index (χ2v) is 5.69. The molecule has 0 spiro atoms. The Morgan fingerprint density at radius 1 is 1.06 bits per heavy atom. The number of benzene rings is 1. The third-order valence-electron chi connectivity index (χ3n) is 3.33. The van der Waals surface area contributed by atoms with Crippen LogP contribution in [0.2, 0.25) is 0 Å². The highest BCUT2D eigenvalue weighted by molar-refractivity contribution is 9.10. The normalized spacial score (nSPS) is 12.6. The Bertz CT molecular complexity index is 325. The first-order valence-electron chi connectivity index (χ1n) is 7.27. The van der Waals surface area contributed by atoms with Gasteiger partial charge in [-0.2, -0.15) is 0 Å². The zero-order chi connectivity index (χ0) is 13.2. The summed E-state index contributed by atoms with van der Waals surface area (Å²) in [5, 5.41) is 3.60. The van der Waals surface area contributed by atoms with Crippen LogP contribution in [0.15, 0.2) is 28.7 Å². The summed E-state index contributed by atoms with van der Waals surface area (Å²) >= 11 is 3.66. The Hall–Kier alpha value is -0.340. The van der Waals surface area contributed by atoms with Crippen molar-refractivity contribution in [1.82, 2.24) is 5.32 Å². The molecule has 0 bridgehead atoms. The molecule has 18 heavy (non-hydrogen) atoms. The predicted molar refractivity (Wildman–Crippen MR) is 83.9 cm³/mol. The van der Waals surface area contributed by atoms with Gasteiger partial charge in [-0.25, -0.2) is 0 Å². The molecule has 0 aliphatic carbocycles. The fraction of sp³-hybridized carbons (Fsp3) is 0.625. The van der Waals surface area contributed by atoms with E-state index in [1.165, 1.54) is 48.6 Å². The van der Waals surface area contributed by atoms with Gasteiger partial charge in [0, 0.05) is 10.5 Å². The number of hydrogen-bond donors (Lipinski definition) is 1. The van der Waals surface area contributed by atoms with Crippen LogP contribution < -0.4 is 5.32 Å². The van der Waals surface area contributed by atoms with E-state index in [2.05, 4.69) is 59.4 Å². The molecule has 1 rings (SSSR count). The topological polar surface area (TPSA) is 12.0 Å². The zero-order valence-corrected chi connectivity index (χ0v) is 13.3. The highest BCUT2D eigenvalue weighted by Gasteiger charge is 2.12. The Morgan fingerprint density at radius 3 is 2.44 bits per heavy atom. The van der Waals surface area contributed by atoms with Gasteiger partial charge in [0.25, 0.3) is 0 Å². The monoisotopic (exact) mass is 311 g/mol. The SMILES string of the molecule is CCCCCCCC(NCC)c1ccccc1Br. The van der Waals surface area contributed by atoms with E-state index in [1.54, 1.807) is 0 Å². The van der Waals surface area contributed by atoms with Crippen LogP contribution in [0.3, 0.4) is 0 Å². The first kappa shape index (κ1) is 15.7. The summed E-state index contributed by atoms with van der Waals surface area (Å²) in [6.07, 6.45) is 7.99. The van der Waals surface area contributed by atoms with Crippen molar-refractivity contribution in [3.05, 3.63) is 34.3 Å². The molecule has 0 amide bonds. The molecule has 0 fully saturated rings. The van der Waals surface area contributed by atoms with Gasteiger partial charge in [0.2, 0.25) is 0 Å². The lowest BCUT2D eigenvalue weighted by Gasteiger charge is -2.19. The number of unbranched alkanes of at least 4 members (excludes halogenated alkanes) is 4. The molecule has 102 valence electrons. The van der Waals surface area contributed by atoms with Crippen LogP contribution in [0.5, 0.6) is 0 Å². The van der Waals surface area contributed by atoms with Crippen LogP contribution in [-0.4, -0.2) is 6.54 Å². The summed E-state index contributed by atoms with van der Waals surface area (Å²) in [5.74, 6) is 0. The second kappa shape index (κ2) is 9.57. The van der Waals surface area contributed by atoms with Crippen molar-refractivity contribution in [2.75, 3.05) is 6.54 Å². The lowest BCUT2D eigenvalue weighted by Crippen LogP contribution is -2.21. The maximum Gasteiger partial charge on any atom is 0.0331 e. The summed E-state index contributed by atoms with van der Waals surface area (Å²) in [6.45, 7) is 5.48. The highest BCUT2D eigenvalue weighted by atomic mass is 79.9. The van der Waals surface area contributed by atoms with Gasteiger partial charge in [0.1, 0.15) is 0 Å². The summed E-state index contributed by atoms with van der Waals surface area (Å²) in [7, 11) is 0. The van der Waals surface area contributed by atoms with Gasteiger partial charge in [0.05, 0.1) is 0 Å². The molecule has 0 saturated carbocycles. The zero-order valence-electron chi connectivity index (χ0n) is 11.7. The third-order valence-corrected chi connectivity index (χ3v) is 4.05. The number of nitrogens with one attached hydrogen (secondary N) is 1. The standard InChI is InChI=1S/C16H26BrN/c1-3-5-6-7-8-13-16(18-4-2)14-11-9-10-12-15(14)17/h9-12,16,18H,3-8,13H2,1-2H3. The molecule has 1 unspecified atom stereocenters. The number of halogens is 1. The molecular formula is C16H26BrN.